The zero-order valence-electron chi connectivity index (χ0n) is 20.7. The Bertz CT molecular complexity index is 570. The van der Waals surface area contributed by atoms with E-state index in [2.05, 4.69) is 36.9 Å². The summed E-state index contributed by atoms with van der Waals surface area (Å²) in [4.78, 5) is 10.4. The van der Waals surface area contributed by atoms with Gasteiger partial charge in [0.25, 0.3) is 0 Å². The number of aryl methyl sites for hydroxylation is 2. The van der Waals surface area contributed by atoms with Crippen LogP contribution in [0.4, 0.5) is 0 Å². The summed E-state index contributed by atoms with van der Waals surface area (Å²) < 4.78 is 2.23. The van der Waals surface area contributed by atoms with Gasteiger partial charge in [0.1, 0.15) is 7.05 Å². The number of hydrogen-bond donors (Lipinski definition) is 1. The van der Waals surface area contributed by atoms with E-state index in [4.69, 9.17) is 5.11 Å². The molecule has 0 unspecified atom stereocenters. The monoisotopic (exact) mass is 432 g/mol. The van der Waals surface area contributed by atoms with Crippen molar-refractivity contribution < 1.29 is 14.5 Å². The molecule has 0 saturated heterocycles. The number of nitrogens with zero attached hydrogens (tertiary/aromatic N) is 1. The van der Waals surface area contributed by atoms with Gasteiger partial charge in [-0.05, 0) is 25.3 Å². The zero-order chi connectivity index (χ0) is 22.6. The van der Waals surface area contributed by atoms with Crippen molar-refractivity contribution in [2.45, 2.75) is 135 Å². The van der Waals surface area contributed by atoms with Crippen LogP contribution in [-0.2, 0) is 18.3 Å². The lowest BCUT2D eigenvalue weighted by Gasteiger charge is -2.05. The van der Waals surface area contributed by atoms with Crippen molar-refractivity contribution in [3.8, 4) is 0 Å². The summed E-state index contributed by atoms with van der Waals surface area (Å²) in [7, 11) is 2.14. The number of hydrogen-bond acceptors (Lipinski definition) is 1. The quantitative estimate of drug-likeness (QED) is 0.159. The molecular weight excluding hydrogens is 382 g/mol. The minimum atomic E-state index is -0.654. The van der Waals surface area contributed by atoms with Crippen molar-refractivity contribution in [3.63, 3.8) is 0 Å². The fraction of sp³-hybridized carbons (Fsp3) is 0.786. The van der Waals surface area contributed by atoms with Gasteiger partial charge < -0.3 is 5.11 Å². The molecule has 0 atom stereocenters. The summed E-state index contributed by atoms with van der Waals surface area (Å²) >= 11 is 0. The average Bonchev–Trinajstić information content (AvgIpc) is 2.75. The van der Waals surface area contributed by atoms with Crippen molar-refractivity contribution in [2.24, 2.45) is 7.05 Å². The molecule has 178 valence electrons. The molecule has 1 aromatic heterocycles. The van der Waals surface area contributed by atoms with Crippen molar-refractivity contribution >= 4 is 5.97 Å². The molecule has 0 aliphatic rings. The standard InChI is InChI=1S/C28H49NO2/c1-26-27(23-21-25-29(26)2)22-19-17-15-13-11-9-7-5-3-4-6-8-10-12-14-16-18-20-24-28(30)31/h21,23,25H,3-20,22,24H2,1-2H3/p+1. The predicted octanol–water partition coefficient (Wildman–Crippen LogP) is 7.86. The molecule has 0 aliphatic carbocycles. The van der Waals surface area contributed by atoms with Crippen LogP contribution in [0, 0.1) is 6.92 Å². The number of rotatable bonds is 21. The molecule has 0 amide bonds. The number of pyridine rings is 1. The van der Waals surface area contributed by atoms with Gasteiger partial charge in [-0.3, -0.25) is 4.79 Å². The lowest BCUT2D eigenvalue weighted by molar-refractivity contribution is -0.678. The number of carboxylic acids is 1. The van der Waals surface area contributed by atoms with Crippen LogP contribution in [0.1, 0.15) is 133 Å². The van der Waals surface area contributed by atoms with Crippen LogP contribution in [0.2, 0.25) is 0 Å². The van der Waals surface area contributed by atoms with Gasteiger partial charge in [-0.2, -0.15) is 0 Å². The summed E-state index contributed by atoms with van der Waals surface area (Å²) in [6.07, 6.45) is 27.7. The van der Waals surface area contributed by atoms with E-state index in [-0.39, 0.29) is 0 Å². The van der Waals surface area contributed by atoms with E-state index in [1.54, 1.807) is 0 Å². The molecule has 0 bridgehead atoms. The minimum absolute atomic E-state index is 0.341. The van der Waals surface area contributed by atoms with Crippen LogP contribution >= 0.6 is 0 Å². The summed E-state index contributed by atoms with van der Waals surface area (Å²) in [5.74, 6) is -0.654. The predicted molar refractivity (Wildman–Crippen MR) is 131 cm³/mol. The SMILES string of the molecule is Cc1c(CCCCCCCCCCCCCCCCCCCCC(=O)O)ccc[n+]1C. The topological polar surface area (TPSA) is 41.2 Å². The first-order valence-electron chi connectivity index (χ1n) is 13.3. The Morgan fingerprint density at radius 1 is 0.710 bits per heavy atom. The lowest BCUT2D eigenvalue weighted by Crippen LogP contribution is -2.32. The Balaban J connectivity index is 1.74. The van der Waals surface area contributed by atoms with Crippen molar-refractivity contribution in [1.29, 1.82) is 0 Å². The summed E-state index contributed by atoms with van der Waals surface area (Å²) in [5, 5.41) is 8.60. The fourth-order valence-corrected chi connectivity index (χ4v) is 4.43. The van der Waals surface area contributed by atoms with Gasteiger partial charge in [0.15, 0.2) is 11.9 Å². The highest BCUT2D eigenvalue weighted by Crippen LogP contribution is 2.15. The largest absolute Gasteiger partial charge is 0.481 e. The van der Waals surface area contributed by atoms with Gasteiger partial charge in [-0.25, -0.2) is 4.57 Å². The van der Waals surface area contributed by atoms with Crippen molar-refractivity contribution in [3.05, 3.63) is 29.6 Å². The van der Waals surface area contributed by atoms with E-state index in [1.165, 1.54) is 120 Å². The van der Waals surface area contributed by atoms with Crippen molar-refractivity contribution in [1.82, 2.24) is 0 Å². The molecule has 1 heterocycles. The molecule has 1 rings (SSSR count). The second-order valence-electron chi connectivity index (χ2n) is 9.49. The Labute approximate surface area is 192 Å². The molecule has 0 radical (unpaired) electrons. The zero-order valence-corrected chi connectivity index (χ0v) is 20.7. The smallest absolute Gasteiger partial charge is 0.303 e. The number of aliphatic carboxylic acids is 1. The van der Waals surface area contributed by atoms with Gasteiger partial charge in [0.2, 0.25) is 0 Å². The van der Waals surface area contributed by atoms with Crippen LogP contribution in [0.15, 0.2) is 18.3 Å². The maximum Gasteiger partial charge on any atom is 0.303 e. The van der Waals surface area contributed by atoms with Gasteiger partial charge in [-0.15, -0.1) is 0 Å². The number of aromatic nitrogens is 1. The third-order valence-electron chi connectivity index (χ3n) is 6.69. The molecule has 3 nitrogen and oxygen atoms in total. The molecule has 0 fully saturated rings. The minimum Gasteiger partial charge on any atom is -0.481 e. The molecule has 31 heavy (non-hydrogen) atoms. The van der Waals surface area contributed by atoms with E-state index >= 15 is 0 Å². The van der Waals surface area contributed by atoms with Crippen LogP contribution in [0.3, 0.4) is 0 Å². The fourth-order valence-electron chi connectivity index (χ4n) is 4.43. The third kappa shape index (κ3) is 16.0. The average molecular weight is 433 g/mol. The maximum absolute atomic E-state index is 10.4. The third-order valence-corrected chi connectivity index (χ3v) is 6.69. The highest BCUT2D eigenvalue weighted by atomic mass is 16.4. The van der Waals surface area contributed by atoms with E-state index < -0.39 is 5.97 Å². The molecule has 1 aromatic rings. The van der Waals surface area contributed by atoms with Crippen LogP contribution in [0.5, 0.6) is 0 Å². The number of carboxylic acid groups (broad SMARTS) is 1. The summed E-state index contributed by atoms with van der Waals surface area (Å²) in [6, 6.07) is 4.45. The Morgan fingerprint density at radius 3 is 1.52 bits per heavy atom. The second-order valence-corrected chi connectivity index (χ2v) is 9.49. The van der Waals surface area contributed by atoms with Crippen LogP contribution in [-0.4, -0.2) is 11.1 Å². The Kier molecular flexibility index (Phi) is 17.2. The number of carbonyl (C=O) groups is 1. The van der Waals surface area contributed by atoms with E-state index in [1.807, 2.05) is 0 Å². The first-order valence-corrected chi connectivity index (χ1v) is 13.3. The molecule has 0 aliphatic heterocycles. The van der Waals surface area contributed by atoms with Gasteiger partial charge in [0.05, 0.1) is 0 Å². The van der Waals surface area contributed by atoms with E-state index in [0.717, 1.165) is 12.8 Å². The Morgan fingerprint density at radius 2 is 1.10 bits per heavy atom. The molecule has 3 heteroatoms. The normalized spacial score (nSPS) is 11.2. The highest BCUT2D eigenvalue weighted by Gasteiger charge is 2.06. The van der Waals surface area contributed by atoms with Gasteiger partial charge >= 0.3 is 5.97 Å². The Hall–Kier alpha value is -1.38. The van der Waals surface area contributed by atoms with Gasteiger partial charge in [0, 0.05) is 25.0 Å². The first-order chi connectivity index (χ1) is 15.1. The summed E-state index contributed by atoms with van der Waals surface area (Å²) in [6.45, 7) is 2.23. The summed E-state index contributed by atoms with van der Waals surface area (Å²) in [5.41, 5.74) is 2.92. The van der Waals surface area contributed by atoms with E-state index in [9.17, 15) is 4.79 Å². The van der Waals surface area contributed by atoms with Crippen molar-refractivity contribution in [2.75, 3.05) is 0 Å². The molecule has 0 aromatic carbocycles. The molecule has 0 spiro atoms. The lowest BCUT2D eigenvalue weighted by atomic mass is 10.0. The first kappa shape index (κ1) is 27.7. The second kappa shape index (κ2) is 19.3. The number of unbranched alkanes of at least 4 members (excludes halogenated alkanes) is 17. The molecule has 0 saturated carbocycles. The van der Waals surface area contributed by atoms with Crippen LogP contribution < -0.4 is 4.57 Å². The van der Waals surface area contributed by atoms with E-state index in [0.29, 0.717) is 6.42 Å². The maximum atomic E-state index is 10.4. The van der Waals surface area contributed by atoms with Crippen LogP contribution in [0.25, 0.3) is 0 Å². The highest BCUT2D eigenvalue weighted by molar-refractivity contribution is 5.66. The van der Waals surface area contributed by atoms with Gasteiger partial charge in [-0.1, -0.05) is 103 Å². The molecule has 1 N–H and O–H groups in total. The molecular formula is C28H50NO2+.